The Kier molecular flexibility index (Phi) is 4.61. The maximum absolute atomic E-state index is 12.6. The molecule has 1 aromatic carbocycles. The Hall–Kier alpha value is -2.80. The number of fused-ring (bicyclic) bond motifs is 1. The summed E-state index contributed by atoms with van der Waals surface area (Å²) in [6.45, 7) is 4.27. The number of esters is 1. The van der Waals surface area contributed by atoms with Gasteiger partial charge in [-0.3, -0.25) is 4.79 Å². The van der Waals surface area contributed by atoms with Gasteiger partial charge >= 0.3 is 5.97 Å². The summed E-state index contributed by atoms with van der Waals surface area (Å²) in [5.41, 5.74) is 3.10. The van der Waals surface area contributed by atoms with Crippen LogP contribution >= 0.6 is 0 Å². The lowest BCUT2D eigenvalue weighted by Gasteiger charge is -2.11. The Morgan fingerprint density at radius 3 is 2.78 bits per heavy atom. The van der Waals surface area contributed by atoms with Gasteiger partial charge < -0.3 is 23.5 Å². The standard InChI is InChI=1S/C20H21NO6/c1-12-8-15(16(22)10-25-20(23)18-4-3-7-24-18)13(2)21(12)14-5-6-17-19(9-14)27-11-26-17/h5-6,8-9,18H,3-4,7,10-11H2,1-2H3/t18-/m1/s1. The predicted octanol–water partition coefficient (Wildman–Crippen LogP) is 2.73. The average Bonchev–Trinajstić information content (AvgIpc) is 3.39. The van der Waals surface area contributed by atoms with Crippen LogP contribution in [0.5, 0.6) is 11.5 Å². The van der Waals surface area contributed by atoms with E-state index in [1.54, 1.807) is 0 Å². The number of ether oxygens (including phenoxy) is 4. The minimum atomic E-state index is -0.543. The fourth-order valence-corrected chi connectivity index (χ4v) is 3.54. The second kappa shape index (κ2) is 7.08. The normalized spacial score (nSPS) is 17.9. The Morgan fingerprint density at radius 2 is 2.00 bits per heavy atom. The van der Waals surface area contributed by atoms with Crippen molar-refractivity contribution in [3.05, 3.63) is 41.2 Å². The van der Waals surface area contributed by atoms with Crippen molar-refractivity contribution in [2.75, 3.05) is 20.0 Å². The van der Waals surface area contributed by atoms with Gasteiger partial charge in [-0.25, -0.2) is 4.79 Å². The molecule has 1 fully saturated rings. The van der Waals surface area contributed by atoms with E-state index in [9.17, 15) is 9.59 Å². The molecule has 142 valence electrons. The molecule has 2 aromatic rings. The van der Waals surface area contributed by atoms with E-state index in [0.29, 0.717) is 30.1 Å². The Labute approximate surface area is 156 Å². The molecule has 0 N–H and O–H groups in total. The molecule has 0 amide bonds. The summed E-state index contributed by atoms with van der Waals surface area (Å²) >= 11 is 0. The van der Waals surface area contributed by atoms with Crippen LogP contribution in [0.1, 0.15) is 34.6 Å². The first kappa shape index (κ1) is 17.6. The zero-order valence-electron chi connectivity index (χ0n) is 15.3. The maximum atomic E-state index is 12.6. The van der Waals surface area contributed by atoms with E-state index >= 15 is 0 Å². The smallest absolute Gasteiger partial charge is 0.335 e. The highest BCUT2D eigenvalue weighted by Gasteiger charge is 2.26. The van der Waals surface area contributed by atoms with Crippen LogP contribution in [0.25, 0.3) is 5.69 Å². The molecular weight excluding hydrogens is 350 g/mol. The van der Waals surface area contributed by atoms with E-state index in [4.69, 9.17) is 18.9 Å². The number of rotatable bonds is 5. The molecule has 0 unspecified atom stereocenters. The van der Waals surface area contributed by atoms with Crippen LogP contribution in [0.2, 0.25) is 0 Å². The Balaban J connectivity index is 1.52. The van der Waals surface area contributed by atoms with Crippen LogP contribution in [-0.2, 0) is 14.3 Å². The SMILES string of the molecule is Cc1cc(C(=O)COC(=O)[C@H]2CCCO2)c(C)n1-c1ccc2c(c1)OCO2. The molecule has 1 saturated heterocycles. The predicted molar refractivity (Wildman–Crippen MR) is 95.6 cm³/mol. The van der Waals surface area contributed by atoms with Gasteiger partial charge in [-0.2, -0.15) is 0 Å². The summed E-state index contributed by atoms with van der Waals surface area (Å²) in [6.07, 6.45) is 0.939. The fourth-order valence-electron chi connectivity index (χ4n) is 3.54. The molecule has 0 aliphatic carbocycles. The first-order valence-electron chi connectivity index (χ1n) is 8.95. The van der Waals surface area contributed by atoms with Crippen molar-refractivity contribution in [3.63, 3.8) is 0 Å². The topological polar surface area (TPSA) is 76.0 Å². The Bertz CT molecular complexity index is 894. The van der Waals surface area contributed by atoms with E-state index < -0.39 is 12.1 Å². The maximum Gasteiger partial charge on any atom is 0.335 e. The lowest BCUT2D eigenvalue weighted by Crippen LogP contribution is -2.25. The summed E-state index contributed by atoms with van der Waals surface area (Å²) in [7, 11) is 0. The summed E-state index contributed by atoms with van der Waals surface area (Å²) < 4.78 is 23.2. The number of Topliss-reactive ketones (excluding diaryl/α,β-unsaturated/α-hetero) is 1. The van der Waals surface area contributed by atoms with E-state index in [1.807, 2.05) is 42.7 Å². The minimum absolute atomic E-state index is 0.211. The van der Waals surface area contributed by atoms with Crippen LogP contribution in [0.3, 0.4) is 0 Å². The second-order valence-electron chi connectivity index (χ2n) is 6.69. The molecule has 27 heavy (non-hydrogen) atoms. The number of aryl methyl sites for hydroxylation is 1. The first-order valence-corrected chi connectivity index (χ1v) is 8.95. The summed E-state index contributed by atoms with van der Waals surface area (Å²) in [6, 6.07) is 7.46. The molecule has 2 aliphatic heterocycles. The monoisotopic (exact) mass is 371 g/mol. The van der Waals surface area contributed by atoms with Crippen molar-refractivity contribution < 1.29 is 28.5 Å². The van der Waals surface area contributed by atoms with Crippen molar-refractivity contribution in [2.45, 2.75) is 32.8 Å². The van der Waals surface area contributed by atoms with Gasteiger partial charge in [0.2, 0.25) is 12.6 Å². The number of nitrogens with zero attached hydrogens (tertiary/aromatic N) is 1. The molecule has 1 atom stereocenters. The highest BCUT2D eigenvalue weighted by Crippen LogP contribution is 2.35. The van der Waals surface area contributed by atoms with Crippen molar-refractivity contribution >= 4 is 11.8 Å². The molecule has 2 aliphatic rings. The van der Waals surface area contributed by atoms with Gasteiger partial charge in [0.05, 0.1) is 0 Å². The highest BCUT2D eigenvalue weighted by atomic mass is 16.7. The molecule has 0 radical (unpaired) electrons. The second-order valence-corrected chi connectivity index (χ2v) is 6.69. The number of hydrogen-bond acceptors (Lipinski definition) is 6. The van der Waals surface area contributed by atoms with Gasteiger partial charge in [-0.05, 0) is 44.9 Å². The summed E-state index contributed by atoms with van der Waals surface area (Å²) in [5, 5.41) is 0. The zero-order chi connectivity index (χ0) is 19.0. The van der Waals surface area contributed by atoms with E-state index in [-0.39, 0.29) is 19.2 Å². The van der Waals surface area contributed by atoms with E-state index in [2.05, 4.69) is 0 Å². The highest BCUT2D eigenvalue weighted by molar-refractivity contribution is 5.99. The van der Waals surface area contributed by atoms with E-state index in [1.165, 1.54) is 0 Å². The van der Waals surface area contributed by atoms with Crippen molar-refractivity contribution in [1.29, 1.82) is 0 Å². The van der Waals surface area contributed by atoms with E-state index in [0.717, 1.165) is 23.5 Å². The largest absolute Gasteiger partial charge is 0.455 e. The van der Waals surface area contributed by atoms with Crippen LogP contribution < -0.4 is 9.47 Å². The van der Waals surface area contributed by atoms with Gasteiger partial charge in [0.1, 0.15) is 0 Å². The minimum Gasteiger partial charge on any atom is -0.455 e. The number of carbonyl (C=O) groups excluding carboxylic acids is 2. The summed E-state index contributed by atoms with van der Waals surface area (Å²) in [5.74, 6) is 0.684. The van der Waals surface area contributed by atoms with Crippen molar-refractivity contribution in [1.82, 2.24) is 4.57 Å². The van der Waals surface area contributed by atoms with Gasteiger partial charge in [-0.15, -0.1) is 0 Å². The zero-order valence-corrected chi connectivity index (χ0v) is 15.3. The number of carbonyl (C=O) groups is 2. The van der Waals surface area contributed by atoms with Crippen LogP contribution in [0.4, 0.5) is 0 Å². The lowest BCUT2D eigenvalue weighted by atomic mass is 10.1. The number of benzene rings is 1. The summed E-state index contributed by atoms with van der Waals surface area (Å²) in [4.78, 5) is 24.5. The molecule has 0 saturated carbocycles. The average molecular weight is 371 g/mol. The van der Waals surface area contributed by atoms with Gasteiger partial charge in [-0.1, -0.05) is 0 Å². The van der Waals surface area contributed by atoms with Crippen LogP contribution in [-0.4, -0.2) is 42.4 Å². The number of aromatic nitrogens is 1. The molecule has 3 heterocycles. The molecular formula is C20H21NO6. The van der Waals surface area contributed by atoms with Gasteiger partial charge in [0.15, 0.2) is 24.2 Å². The Morgan fingerprint density at radius 1 is 1.19 bits per heavy atom. The quantitative estimate of drug-likeness (QED) is 0.594. The molecule has 4 rings (SSSR count). The molecule has 0 bridgehead atoms. The number of ketones is 1. The van der Waals surface area contributed by atoms with Crippen molar-refractivity contribution in [3.8, 4) is 17.2 Å². The number of hydrogen-bond donors (Lipinski definition) is 0. The van der Waals surface area contributed by atoms with Crippen LogP contribution in [0, 0.1) is 13.8 Å². The first-order chi connectivity index (χ1) is 13.0. The molecule has 0 spiro atoms. The van der Waals surface area contributed by atoms with Crippen LogP contribution in [0.15, 0.2) is 24.3 Å². The van der Waals surface area contributed by atoms with Gasteiger partial charge in [0, 0.05) is 35.3 Å². The third kappa shape index (κ3) is 3.30. The molecule has 7 nitrogen and oxygen atoms in total. The third-order valence-corrected chi connectivity index (χ3v) is 4.88. The molecule has 7 heteroatoms. The molecule has 1 aromatic heterocycles. The van der Waals surface area contributed by atoms with Gasteiger partial charge in [0.25, 0.3) is 0 Å². The van der Waals surface area contributed by atoms with Crippen molar-refractivity contribution in [2.24, 2.45) is 0 Å². The lowest BCUT2D eigenvalue weighted by molar-refractivity contribution is -0.153. The fraction of sp³-hybridized carbons (Fsp3) is 0.400. The third-order valence-electron chi connectivity index (χ3n) is 4.88.